The van der Waals surface area contributed by atoms with Crippen molar-refractivity contribution in [1.82, 2.24) is 5.43 Å². The Kier molecular flexibility index (Phi) is 4.31. The van der Waals surface area contributed by atoms with E-state index in [-0.39, 0.29) is 6.04 Å². The first-order valence-corrected chi connectivity index (χ1v) is 6.34. The Hall–Kier alpha value is -1.16. The predicted molar refractivity (Wildman–Crippen MR) is 74.4 cm³/mol. The van der Waals surface area contributed by atoms with Crippen LogP contribution in [0.4, 0.5) is 0 Å². The molecule has 2 aromatic carbocycles. The molecule has 0 aromatic heterocycles. The lowest BCUT2D eigenvalue weighted by atomic mass is 10.00. The molecular formula is C14H15BrN2. The zero-order valence-corrected chi connectivity index (χ0v) is 11.0. The Bertz CT molecular complexity index is 471. The number of hydrazine groups is 1. The van der Waals surface area contributed by atoms with Crippen LogP contribution in [0.15, 0.2) is 59.1 Å². The Labute approximate surface area is 110 Å². The highest BCUT2D eigenvalue weighted by molar-refractivity contribution is 9.10. The summed E-state index contributed by atoms with van der Waals surface area (Å²) in [6.45, 7) is 0. The summed E-state index contributed by atoms with van der Waals surface area (Å²) in [5.74, 6) is 5.64. The van der Waals surface area contributed by atoms with Gasteiger partial charge in [-0.15, -0.1) is 0 Å². The molecule has 17 heavy (non-hydrogen) atoms. The van der Waals surface area contributed by atoms with Crippen LogP contribution in [-0.4, -0.2) is 0 Å². The van der Waals surface area contributed by atoms with E-state index in [1.54, 1.807) is 0 Å². The molecule has 1 unspecified atom stereocenters. The van der Waals surface area contributed by atoms with Crippen molar-refractivity contribution >= 4 is 15.9 Å². The van der Waals surface area contributed by atoms with Crippen LogP contribution in [0, 0.1) is 0 Å². The van der Waals surface area contributed by atoms with Gasteiger partial charge in [-0.1, -0.05) is 58.4 Å². The van der Waals surface area contributed by atoms with Crippen molar-refractivity contribution in [1.29, 1.82) is 0 Å². The summed E-state index contributed by atoms with van der Waals surface area (Å²) in [5, 5.41) is 0. The van der Waals surface area contributed by atoms with E-state index in [9.17, 15) is 0 Å². The van der Waals surface area contributed by atoms with Crippen LogP contribution in [0.1, 0.15) is 17.2 Å². The lowest BCUT2D eigenvalue weighted by Crippen LogP contribution is -2.29. The smallest absolute Gasteiger partial charge is 0.0500 e. The second-order valence-corrected chi connectivity index (χ2v) is 4.88. The molecule has 0 spiro atoms. The minimum absolute atomic E-state index is 0.134. The summed E-state index contributed by atoms with van der Waals surface area (Å²) in [6.07, 6.45) is 0.883. The van der Waals surface area contributed by atoms with Crippen molar-refractivity contribution in [3.05, 3.63) is 70.2 Å². The molecule has 2 aromatic rings. The molecule has 0 saturated carbocycles. The summed E-state index contributed by atoms with van der Waals surface area (Å²) in [7, 11) is 0. The van der Waals surface area contributed by atoms with Crippen molar-refractivity contribution in [3.63, 3.8) is 0 Å². The second-order valence-electron chi connectivity index (χ2n) is 3.96. The molecule has 0 saturated heterocycles. The first-order valence-electron chi connectivity index (χ1n) is 5.55. The molecule has 0 bridgehead atoms. The Balaban J connectivity index is 2.17. The molecule has 0 aliphatic carbocycles. The van der Waals surface area contributed by atoms with Gasteiger partial charge in [0.15, 0.2) is 0 Å². The van der Waals surface area contributed by atoms with E-state index in [1.165, 1.54) is 11.1 Å². The molecular weight excluding hydrogens is 276 g/mol. The summed E-state index contributed by atoms with van der Waals surface area (Å²) < 4.78 is 1.07. The van der Waals surface area contributed by atoms with E-state index < -0.39 is 0 Å². The summed E-state index contributed by atoms with van der Waals surface area (Å²) in [5.41, 5.74) is 5.33. The van der Waals surface area contributed by atoms with Gasteiger partial charge in [-0.3, -0.25) is 11.3 Å². The number of halogens is 1. The van der Waals surface area contributed by atoms with Crippen LogP contribution in [0.5, 0.6) is 0 Å². The van der Waals surface area contributed by atoms with Gasteiger partial charge >= 0.3 is 0 Å². The standard InChI is InChI=1S/C14H15BrN2/c15-13-8-4-7-12(10-13)14(17-16)9-11-5-2-1-3-6-11/h1-8,10,14,17H,9,16H2. The molecule has 0 heterocycles. The third-order valence-electron chi connectivity index (χ3n) is 2.73. The van der Waals surface area contributed by atoms with Crippen LogP contribution in [0.3, 0.4) is 0 Å². The van der Waals surface area contributed by atoms with Crippen LogP contribution >= 0.6 is 15.9 Å². The minimum Gasteiger partial charge on any atom is -0.271 e. The predicted octanol–water partition coefficient (Wildman–Crippen LogP) is 3.20. The first kappa shape index (κ1) is 12.3. The van der Waals surface area contributed by atoms with E-state index in [1.807, 2.05) is 30.3 Å². The molecule has 3 heteroatoms. The number of benzene rings is 2. The molecule has 1 atom stereocenters. The van der Waals surface area contributed by atoms with Gasteiger partial charge in [0.25, 0.3) is 0 Å². The van der Waals surface area contributed by atoms with Gasteiger partial charge in [0.1, 0.15) is 0 Å². The van der Waals surface area contributed by atoms with Crippen LogP contribution < -0.4 is 11.3 Å². The van der Waals surface area contributed by atoms with Crippen LogP contribution in [0.2, 0.25) is 0 Å². The molecule has 88 valence electrons. The molecule has 2 rings (SSSR count). The second kappa shape index (κ2) is 5.96. The zero-order valence-electron chi connectivity index (χ0n) is 9.44. The minimum atomic E-state index is 0.134. The van der Waals surface area contributed by atoms with Gasteiger partial charge < -0.3 is 0 Å². The highest BCUT2D eigenvalue weighted by Crippen LogP contribution is 2.21. The van der Waals surface area contributed by atoms with E-state index in [2.05, 4.69) is 45.6 Å². The molecule has 2 nitrogen and oxygen atoms in total. The molecule has 0 aliphatic heterocycles. The molecule has 0 aliphatic rings. The maximum Gasteiger partial charge on any atom is 0.0500 e. The number of nitrogens with two attached hydrogens (primary N) is 1. The van der Waals surface area contributed by atoms with Crippen LogP contribution in [-0.2, 0) is 6.42 Å². The van der Waals surface area contributed by atoms with Gasteiger partial charge in [-0.25, -0.2) is 0 Å². The third-order valence-corrected chi connectivity index (χ3v) is 3.23. The monoisotopic (exact) mass is 290 g/mol. The molecule has 0 amide bonds. The lowest BCUT2D eigenvalue weighted by Gasteiger charge is -2.16. The van der Waals surface area contributed by atoms with Gasteiger partial charge in [0.05, 0.1) is 6.04 Å². The van der Waals surface area contributed by atoms with Crippen molar-refractivity contribution in [2.75, 3.05) is 0 Å². The molecule has 0 radical (unpaired) electrons. The highest BCUT2D eigenvalue weighted by atomic mass is 79.9. The largest absolute Gasteiger partial charge is 0.271 e. The molecule has 3 N–H and O–H groups in total. The third kappa shape index (κ3) is 3.40. The number of hydrogen-bond donors (Lipinski definition) is 2. The molecule has 0 fully saturated rings. The quantitative estimate of drug-likeness (QED) is 0.670. The fourth-order valence-electron chi connectivity index (χ4n) is 1.85. The maximum absolute atomic E-state index is 5.64. The number of rotatable bonds is 4. The number of nitrogens with one attached hydrogen (secondary N) is 1. The lowest BCUT2D eigenvalue weighted by molar-refractivity contribution is 0.552. The fraction of sp³-hybridized carbons (Fsp3) is 0.143. The topological polar surface area (TPSA) is 38.0 Å². The van der Waals surface area contributed by atoms with E-state index >= 15 is 0 Å². The zero-order chi connectivity index (χ0) is 12.1. The fourth-order valence-corrected chi connectivity index (χ4v) is 2.26. The average molecular weight is 291 g/mol. The SMILES string of the molecule is NNC(Cc1ccccc1)c1cccc(Br)c1. The van der Waals surface area contributed by atoms with Gasteiger partial charge in [-0.05, 0) is 29.7 Å². The van der Waals surface area contributed by atoms with Gasteiger partial charge in [0, 0.05) is 4.47 Å². The number of hydrogen-bond acceptors (Lipinski definition) is 2. The summed E-state index contributed by atoms with van der Waals surface area (Å²) in [6, 6.07) is 18.7. The van der Waals surface area contributed by atoms with E-state index in [0.29, 0.717) is 0 Å². The maximum atomic E-state index is 5.64. The van der Waals surface area contributed by atoms with Crippen molar-refractivity contribution in [3.8, 4) is 0 Å². The average Bonchev–Trinajstić information content (AvgIpc) is 2.37. The summed E-state index contributed by atoms with van der Waals surface area (Å²) in [4.78, 5) is 0. The van der Waals surface area contributed by atoms with E-state index in [4.69, 9.17) is 5.84 Å². The Morgan fingerprint density at radius 1 is 1.06 bits per heavy atom. The first-order chi connectivity index (χ1) is 8.29. The van der Waals surface area contributed by atoms with Crippen molar-refractivity contribution in [2.45, 2.75) is 12.5 Å². The normalized spacial score (nSPS) is 12.4. The Morgan fingerprint density at radius 2 is 1.82 bits per heavy atom. The van der Waals surface area contributed by atoms with Gasteiger partial charge in [-0.2, -0.15) is 0 Å². The Morgan fingerprint density at radius 3 is 2.47 bits per heavy atom. The summed E-state index contributed by atoms with van der Waals surface area (Å²) >= 11 is 3.48. The van der Waals surface area contributed by atoms with E-state index in [0.717, 1.165) is 10.9 Å². The highest BCUT2D eigenvalue weighted by Gasteiger charge is 2.10. The van der Waals surface area contributed by atoms with Gasteiger partial charge in [0.2, 0.25) is 0 Å². The van der Waals surface area contributed by atoms with Crippen molar-refractivity contribution in [2.24, 2.45) is 5.84 Å². The van der Waals surface area contributed by atoms with Crippen molar-refractivity contribution < 1.29 is 0 Å². The van der Waals surface area contributed by atoms with Crippen LogP contribution in [0.25, 0.3) is 0 Å².